The van der Waals surface area contributed by atoms with Crippen LogP contribution < -0.4 is 20.7 Å². The Bertz CT molecular complexity index is 1190. The lowest BCUT2D eigenvalue weighted by Crippen LogP contribution is -2.48. The predicted molar refractivity (Wildman–Crippen MR) is 131 cm³/mol. The second kappa shape index (κ2) is 12.0. The van der Waals surface area contributed by atoms with E-state index in [2.05, 4.69) is 25.8 Å². The maximum atomic E-state index is 13.1. The Balaban J connectivity index is 1.32. The monoisotopic (exact) mass is 518 g/mol. The van der Waals surface area contributed by atoms with Crippen molar-refractivity contribution in [1.82, 2.24) is 15.8 Å². The van der Waals surface area contributed by atoms with Crippen LogP contribution in [-0.2, 0) is 4.79 Å². The minimum absolute atomic E-state index is 0.0664. The van der Waals surface area contributed by atoms with Gasteiger partial charge >= 0.3 is 6.36 Å². The number of benzene rings is 2. The van der Waals surface area contributed by atoms with Crippen molar-refractivity contribution in [3.63, 3.8) is 0 Å². The average molecular weight is 519 g/mol. The van der Waals surface area contributed by atoms with E-state index in [0.717, 1.165) is 25.7 Å². The van der Waals surface area contributed by atoms with Crippen molar-refractivity contribution < 1.29 is 32.0 Å². The van der Waals surface area contributed by atoms with Gasteiger partial charge in [0.05, 0.1) is 5.39 Å². The van der Waals surface area contributed by atoms with Gasteiger partial charge in [0.15, 0.2) is 0 Å². The summed E-state index contributed by atoms with van der Waals surface area (Å²) >= 11 is 0. The van der Waals surface area contributed by atoms with Gasteiger partial charge in [0.25, 0.3) is 5.91 Å². The number of halogens is 3. The first-order valence-electron chi connectivity index (χ1n) is 12.3. The normalized spacial score (nSPS) is 15.2. The van der Waals surface area contributed by atoms with Crippen LogP contribution in [0.5, 0.6) is 5.75 Å². The second-order valence-electron chi connectivity index (χ2n) is 9.08. The molecule has 2 amide bonds. The number of hydrogen-bond acceptors (Lipinski definition) is 6. The summed E-state index contributed by atoms with van der Waals surface area (Å²) in [5.74, 6) is -0.710. The Labute approximate surface area is 211 Å². The quantitative estimate of drug-likeness (QED) is 0.326. The number of rotatable bonds is 10. The molecule has 3 N–H and O–H groups in total. The van der Waals surface area contributed by atoms with E-state index in [-0.39, 0.29) is 24.0 Å². The molecule has 0 radical (unpaired) electrons. The number of ether oxygens (including phenoxy) is 1. The summed E-state index contributed by atoms with van der Waals surface area (Å²) in [6.07, 6.45) is 1.20. The molecular weight excluding hydrogens is 489 g/mol. The van der Waals surface area contributed by atoms with E-state index in [9.17, 15) is 22.8 Å². The summed E-state index contributed by atoms with van der Waals surface area (Å²) in [6, 6.07) is 11.6. The molecule has 1 aliphatic carbocycles. The van der Waals surface area contributed by atoms with Crippen LogP contribution in [0.3, 0.4) is 0 Å². The third kappa shape index (κ3) is 7.61. The fourth-order valence-electron chi connectivity index (χ4n) is 4.55. The maximum absolute atomic E-state index is 13.1. The number of hydrogen-bond donors (Lipinski definition) is 3. The van der Waals surface area contributed by atoms with E-state index < -0.39 is 18.3 Å². The standard InChI is InChI=1S/C26H29F3N4O4/c27-26(28,29)36-19-12-10-18(11-13-19)30-14-15-31-24(34)22(16-17-6-2-1-3-7-17)32-25(35)23-20-8-4-5-9-21(20)33-37-23/h4-5,8-13,17,22,30H,1-3,6-7,14-16H2,(H,31,34)(H,32,35)/t22-/m0/s1. The number of carbonyl (C=O) groups excluding carboxylic acids is 2. The molecule has 1 heterocycles. The molecule has 1 aromatic heterocycles. The number of alkyl halides is 3. The van der Waals surface area contributed by atoms with Crippen molar-refractivity contribution in [2.75, 3.05) is 18.4 Å². The zero-order valence-electron chi connectivity index (χ0n) is 20.1. The number of fused-ring (bicyclic) bond motifs is 1. The Hall–Kier alpha value is -3.76. The highest BCUT2D eigenvalue weighted by atomic mass is 19.4. The molecule has 1 atom stereocenters. The molecule has 0 saturated heterocycles. The third-order valence-electron chi connectivity index (χ3n) is 6.35. The molecule has 0 unspecified atom stereocenters. The van der Waals surface area contributed by atoms with Gasteiger partial charge in [0, 0.05) is 18.8 Å². The highest BCUT2D eigenvalue weighted by molar-refractivity contribution is 6.05. The van der Waals surface area contributed by atoms with Gasteiger partial charge in [-0.05, 0) is 48.7 Å². The largest absolute Gasteiger partial charge is 0.573 e. The number of anilines is 1. The van der Waals surface area contributed by atoms with E-state index in [1.54, 1.807) is 24.3 Å². The molecule has 1 saturated carbocycles. The fourth-order valence-corrected chi connectivity index (χ4v) is 4.55. The van der Waals surface area contributed by atoms with Gasteiger partial charge in [-0.3, -0.25) is 9.59 Å². The summed E-state index contributed by atoms with van der Waals surface area (Å²) in [5.41, 5.74) is 1.14. The van der Waals surface area contributed by atoms with Crippen LogP contribution in [0.2, 0.25) is 0 Å². The number of nitrogens with one attached hydrogen (secondary N) is 3. The predicted octanol–water partition coefficient (Wildman–Crippen LogP) is 5.02. The fraction of sp³-hybridized carbons (Fsp3) is 0.423. The molecule has 4 rings (SSSR count). The first-order chi connectivity index (χ1) is 17.8. The topological polar surface area (TPSA) is 105 Å². The Morgan fingerprint density at radius 1 is 1.03 bits per heavy atom. The summed E-state index contributed by atoms with van der Waals surface area (Å²) < 4.78 is 46.0. The Kier molecular flexibility index (Phi) is 8.52. The summed E-state index contributed by atoms with van der Waals surface area (Å²) in [5, 5.41) is 13.2. The highest BCUT2D eigenvalue weighted by Gasteiger charge is 2.31. The number of aromatic nitrogens is 1. The smallest absolute Gasteiger partial charge is 0.406 e. The van der Waals surface area contributed by atoms with E-state index >= 15 is 0 Å². The van der Waals surface area contributed by atoms with Gasteiger partial charge in [0.1, 0.15) is 17.3 Å². The first kappa shape index (κ1) is 26.3. The van der Waals surface area contributed by atoms with Crippen LogP contribution in [0.4, 0.5) is 18.9 Å². The van der Waals surface area contributed by atoms with Gasteiger partial charge in [-0.2, -0.15) is 0 Å². The van der Waals surface area contributed by atoms with Crippen LogP contribution >= 0.6 is 0 Å². The molecule has 1 aliphatic rings. The minimum Gasteiger partial charge on any atom is -0.406 e. The van der Waals surface area contributed by atoms with Gasteiger partial charge < -0.3 is 25.2 Å². The Morgan fingerprint density at radius 2 is 1.76 bits per heavy atom. The SMILES string of the molecule is O=C(N[C@@H](CC1CCCCC1)C(=O)NCCNc1ccc(OC(F)(F)F)cc1)c1onc2ccccc12. The van der Waals surface area contributed by atoms with Gasteiger partial charge in [-0.25, -0.2) is 0 Å². The van der Waals surface area contributed by atoms with Crippen molar-refractivity contribution >= 4 is 28.4 Å². The summed E-state index contributed by atoms with van der Waals surface area (Å²) in [7, 11) is 0. The lowest BCUT2D eigenvalue weighted by Gasteiger charge is -2.26. The van der Waals surface area contributed by atoms with Crippen molar-refractivity contribution in [3.8, 4) is 5.75 Å². The van der Waals surface area contributed by atoms with Crippen LogP contribution in [0.15, 0.2) is 53.1 Å². The van der Waals surface area contributed by atoms with Crippen molar-refractivity contribution in [1.29, 1.82) is 0 Å². The number of nitrogens with zero attached hydrogens (tertiary/aromatic N) is 1. The van der Waals surface area contributed by atoms with Gasteiger partial charge in [0.2, 0.25) is 11.7 Å². The average Bonchev–Trinajstić information content (AvgIpc) is 3.31. The van der Waals surface area contributed by atoms with Crippen LogP contribution in [0.1, 0.15) is 49.1 Å². The minimum atomic E-state index is -4.75. The molecule has 198 valence electrons. The first-order valence-corrected chi connectivity index (χ1v) is 12.3. The molecule has 2 aromatic carbocycles. The molecular formula is C26H29F3N4O4. The van der Waals surface area contributed by atoms with Crippen molar-refractivity contribution in [3.05, 3.63) is 54.3 Å². The van der Waals surface area contributed by atoms with Crippen LogP contribution in [0, 0.1) is 5.92 Å². The third-order valence-corrected chi connectivity index (χ3v) is 6.35. The molecule has 8 nitrogen and oxygen atoms in total. The molecule has 0 aliphatic heterocycles. The highest BCUT2D eigenvalue weighted by Crippen LogP contribution is 2.28. The molecule has 0 spiro atoms. The van der Waals surface area contributed by atoms with E-state index in [1.165, 1.54) is 30.7 Å². The Morgan fingerprint density at radius 3 is 2.49 bits per heavy atom. The van der Waals surface area contributed by atoms with E-state index in [4.69, 9.17) is 4.52 Å². The molecule has 11 heteroatoms. The van der Waals surface area contributed by atoms with E-state index in [1.807, 2.05) is 0 Å². The lowest BCUT2D eigenvalue weighted by atomic mass is 9.84. The zero-order chi connectivity index (χ0) is 26.3. The summed E-state index contributed by atoms with van der Waals surface area (Å²) in [6.45, 7) is 0.587. The maximum Gasteiger partial charge on any atom is 0.573 e. The number of carbonyl (C=O) groups is 2. The molecule has 3 aromatic rings. The summed E-state index contributed by atoms with van der Waals surface area (Å²) in [4.78, 5) is 26.0. The molecule has 0 bridgehead atoms. The second-order valence-corrected chi connectivity index (χ2v) is 9.08. The van der Waals surface area contributed by atoms with Gasteiger partial charge in [-0.15, -0.1) is 13.2 Å². The van der Waals surface area contributed by atoms with E-state index in [0.29, 0.717) is 35.5 Å². The van der Waals surface area contributed by atoms with Gasteiger partial charge in [-0.1, -0.05) is 49.4 Å². The molecule has 37 heavy (non-hydrogen) atoms. The number of amides is 2. The lowest BCUT2D eigenvalue weighted by molar-refractivity contribution is -0.274. The van der Waals surface area contributed by atoms with Crippen LogP contribution in [0.25, 0.3) is 10.9 Å². The van der Waals surface area contributed by atoms with Crippen LogP contribution in [-0.4, -0.2) is 42.5 Å². The molecule has 1 fully saturated rings. The van der Waals surface area contributed by atoms with Crippen molar-refractivity contribution in [2.45, 2.75) is 50.9 Å². The zero-order valence-corrected chi connectivity index (χ0v) is 20.1. The van der Waals surface area contributed by atoms with Crippen molar-refractivity contribution in [2.24, 2.45) is 5.92 Å².